The second-order valence-electron chi connectivity index (χ2n) is 6.35. The molecule has 6 heteroatoms. The van der Waals surface area contributed by atoms with Gasteiger partial charge in [-0.2, -0.15) is 0 Å². The van der Waals surface area contributed by atoms with E-state index in [0.29, 0.717) is 18.7 Å². The predicted molar refractivity (Wildman–Crippen MR) is 83.9 cm³/mol. The van der Waals surface area contributed by atoms with Crippen molar-refractivity contribution in [3.05, 3.63) is 27.8 Å². The lowest BCUT2D eigenvalue weighted by Gasteiger charge is -2.27. The molecule has 0 radical (unpaired) electrons. The number of aromatic nitrogens is 1. The molecular weight excluding hydrogens is 298 g/mol. The minimum atomic E-state index is -0.381. The number of nitrogens with zero attached hydrogens (tertiary/aromatic N) is 1. The molecule has 23 heavy (non-hydrogen) atoms. The Balaban J connectivity index is 2.29. The van der Waals surface area contributed by atoms with Crippen molar-refractivity contribution in [3.63, 3.8) is 0 Å². The highest BCUT2D eigenvalue weighted by atomic mass is 16.5. The van der Waals surface area contributed by atoms with Gasteiger partial charge in [-0.15, -0.1) is 0 Å². The minimum Gasteiger partial charge on any atom is -0.490 e. The third kappa shape index (κ3) is 2.60. The van der Waals surface area contributed by atoms with Gasteiger partial charge in [-0.1, -0.05) is 19.8 Å². The van der Waals surface area contributed by atoms with E-state index in [4.69, 9.17) is 13.9 Å². The first-order chi connectivity index (χ1) is 11.1. The monoisotopic (exact) mass is 321 g/mol. The summed E-state index contributed by atoms with van der Waals surface area (Å²) in [6.45, 7) is 2.55. The van der Waals surface area contributed by atoms with Crippen LogP contribution in [0, 0.1) is 5.92 Å². The third-order valence-electron chi connectivity index (χ3n) is 4.88. The van der Waals surface area contributed by atoms with Gasteiger partial charge in [-0.3, -0.25) is 9.36 Å². The molecule has 1 aliphatic carbocycles. The molecule has 0 saturated carbocycles. The van der Waals surface area contributed by atoms with Crippen LogP contribution in [0.3, 0.4) is 0 Å². The fourth-order valence-corrected chi connectivity index (χ4v) is 3.75. The van der Waals surface area contributed by atoms with E-state index >= 15 is 0 Å². The molecule has 0 amide bonds. The summed E-state index contributed by atoms with van der Waals surface area (Å²) in [5.74, 6) is 0.186. The van der Waals surface area contributed by atoms with Gasteiger partial charge >= 0.3 is 5.76 Å². The Labute approximate surface area is 135 Å². The summed E-state index contributed by atoms with van der Waals surface area (Å²) in [4.78, 5) is 25.0. The molecule has 0 bridgehead atoms. The molecule has 2 atom stereocenters. The van der Waals surface area contributed by atoms with Crippen molar-refractivity contribution >= 4 is 11.5 Å². The lowest BCUT2D eigenvalue weighted by molar-refractivity contribution is -0.122. The number of hydrogen-bond acceptors (Lipinski definition) is 5. The molecule has 1 aromatic rings. The first-order valence-corrected chi connectivity index (χ1v) is 8.18. The summed E-state index contributed by atoms with van der Waals surface area (Å²) in [7, 11) is 2.91. The number of ketones is 1. The van der Waals surface area contributed by atoms with Crippen LogP contribution in [-0.2, 0) is 20.8 Å². The Hall–Kier alpha value is -1.98. The molecule has 0 unspecified atom stereocenters. The largest absolute Gasteiger partial charge is 0.490 e. The van der Waals surface area contributed by atoms with Crippen LogP contribution in [0.4, 0.5) is 0 Å². The number of oxazole rings is 1. The quantitative estimate of drug-likeness (QED) is 0.837. The average Bonchev–Trinajstić information content (AvgIpc) is 2.82. The summed E-state index contributed by atoms with van der Waals surface area (Å²) in [5.41, 5.74) is 0.862. The number of carbonyl (C=O) groups is 1. The highest BCUT2D eigenvalue weighted by Crippen LogP contribution is 2.39. The maximum absolute atomic E-state index is 12.6. The lowest BCUT2D eigenvalue weighted by Crippen LogP contribution is -2.26. The number of Topliss-reactive ketones (excluding diaryl/α,β-unsaturated/α-hetero) is 1. The highest BCUT2D eigenvalue weighted by molar-refractivity contribution is 6.01. The zero-order valence-corrected chi connectivity index (χ0v) is 13.9. The van der Waals surface area contributed by atoms with Crippen LogP contribution >= 0.6 is 0 Å². The van der Waals surface area contributed by atoms with Gasteiger partial charge in [0.1, 0.15) is 0 Å². The van der Waals surface area contributed by atoms with Crippen molar-refractivity contribution in [1.29, 1.82) is 0 Å². The Bertz CT molecular complexity index is 696. The van der Waals surface area contributed by atoms with Crippen LogP contribution in [0.25, 0.3) is 5.76 Å². The maximum atomic E-state index is 12.6. The molecule has 0 aromatic carbocycles. The maximum Gasteiger partial charge on any atom is 0.419 e. The van der Waals surface area contributed by atoms with Crippen molar-refractivity contribution in [3.8, 4) is 0 Å². The molecule has 1 aliphatic heterocycles. The van der Waals surface area contributed by atoms with Gasteiger partial charge in [0.2, 0.25) is 17.3 Å². The Morgan fingerprint density at radius 2 is 1.83 bits per heavy atom. The fourth-order valence-electron chi connectivity index (χ4n) is 3.75. The van der Waals surface area contributed by atoms with Gasteiger partial charge in [-0.25, -0.2) is 4.79 Å². The topological polar surface area (TPSA) is 70.7 Å². The summed E-state index contributed by atoms with van der Waals surface area (Å²) in [6, 6.07) is 0. The molecule has 3 rings (SSSR count). The molecule has 2 heterocycles. The van der Waals surface area contributed by atoms with Crippen LogP contribution in [0.1, 0.15) is 56.4 Å². The van der Waals surface area contributed by atoms with Gasteiger partial charge in [0.15, 0.2) is 5.76 Å². The first kappa shape index (κ1) is 15.9. The first-order valence-electron chi connectivity index (χ1n) is 8.18. The Kier molecular flexibility index (Phi) is 4.33. The van der Waals surface area contributed by atoms with Crippen LogP contribution in [-0.4, -0.2) is 24.6 Å². The number of methoxy groups -OCH3 is 2. The number of ether oxygens (including phenoxy) is 2. The van der Waals surface area contributed by atoms with E-state index in [1.807, 2.05) is 6.92 Å². The Morgan fingerprint density at radius 1 is 1.09 bits per heavy atom. The van der Waals surface area contributed by atoms with Gasteiger partial charge in [-0.05, 0) is 19.3 Å². The summed E-state index contributed by atoms with van der Waals surface area (Å²) in [6.07, 6.45) is 4.77. The predicted octanol–water partition coefficient (Wildman–Crippen LogP) is 2.67. The van der Waals surface area contributed by atoms with E-state index in [-0.39, 0.29) is 34.9 Å². The van der Waals surface area contributed by atoms with Crippen LogP contribution < -0.4 is 5.76 Å². The smallest absolute Gasteiger partial charge is 0.419 e. The second-order valence-corrected chi connectivity index (χ2v) is 6.35. The third-order valence-corrected chi connectivity index (χ3v) is 4.88. The van der Waals surface area contributed by atoms with E-state index in [1.165, 1.54) is 14.2 Å². The molecule has 126 valence electrons. The van der Waals surface area contributed by atoms with Crippen LogP contribution in [0.15, 0.2) is 15.0 Å². The summed E-state index contributed by atoms with van der Waals surface area (Å²) < 4.78 is 17.9. The van der Waals surface area contributed by atoms with Crippen LogP contribution in [0.2, 0.25) is 0 Å². The molecule has 6 nitrogen and oxygen atoms in total. The van der Waals surface area contributed by atoms with Gasteiger partial charge < -0.3 is 13.9 Å². The van der Waals surface area contributed by atoms with E-state index < -0.39 is 0 Å². The SMILES string of the molecule is CO/C1=C(\OC)c2oc(=O)n3c2[C@H](CCCCC3)C[C@H](C)C1=O. The molecular formula is C17H23NO5. The van der Waals surface area contributed by atoms with Gasteiger partial charge in [0.05, 0.1) is 19.9 Å². The lowest BCUT2D eigenvalue weighted by atomic mass is 9.82. The van der Waals surface area contributed by atoms with E-state index in [1.54, 1.807) is 4.57 Å². The molecule has 2 aliphatic rings. The highest BCUT2D eigenvalue weighted by Gasteiger charge is 2.37. The van der Waals surface area contributed by atoms with E-state index in [2.05, 4.69) is 0 Å². The number of carbonyl (C=O) groups excluding carboxylic acids is 1. The number of hydrogen-bond donors (Lipinski definition) is 0. The van der Waals surface area contributed by atoms with E-state index in [9.17, 15) is 9.59 Å². The summed E-state index contributed by atoms with van der Waals surface area (Å²) in [5, 5.41) is 0. The zero-order valence-electron chi connectivity index (χ0n) is 13.9. The number of allylic oxidation sites excluding steroid dienone is 1. The average molecular weight is 321 g/mol. The number of rotatable bonds is 2. The van der Waals surface area contributed by atoms with Gasteiger partial charge in [0, 0.05) is 18.4 Å². The van der Waals surface area contributed by atoms with Crippen molar-refractivity contribution in [2.45, 2.75) is 51.5 Å². The van der Waals surface area contributed by atoms with Crippen LogP contribution in [0.5, 0.6) is 0 Å². The van der Waals surface area contributed by atoms with Crippen molar-refractivity contribution in [2.24, 2.45) is 5.92 Å². The summed E-state index contributed by atoms with van der Waals surface area (Å²) >= 11 is 0. The van der Waals surface area contributed by atoms with Crippen molar-refractivity contribution < 1.29 is 18.7 Å². The minimum absolute atomic E-state index is 0.104. The fraction of sp³-hybridized carbons (Fsp3) is 0.647. The van der Waals surface area contributed by atoms with Crippen molar-refractivity contribution in [2.75, 3.05) is 14.2 Å². The van der Waals surface area contributed by atoms with Gasteiger partial charge in [0.25, 0.3) is 0 Å². The zero-order chi connectivity index (χ0) is 16.6. The molecule has 1 aromatic heterocycles. The van der Waals surface area contributed by atoms with E-state index in [0.717, 1.165) is 31.4 Å². The molecule has 0 saturated heterocycles. The normalized spacial score (nSPS) is 28.2. The van der Waals surface area contributed by atoms with Crippen molar-refractivity contribution in [1.82, 2.24) is 4.57 Å². The standard InChI is InChI=1S/C17H23NO5/c1-10-9-11-7-5-4-6-8-18-12(11)14(23-17(18)20)16(22-3)15(21-2)13(10)19/h10-11H,4-9H2,1-3H3/b16-15-/t10-,11+/m0/s1. The second kappa shape index (κ2) is 6.26. The molecule has 0 fully saturated rings. The molecule has 0 spiro atoms. The molecule has 0 N–H and O–H groups in total. The Morgan fingerprint density at radius 3 is 2.52 bits per heavy atom.